The molecule has 0 aromatic rings. The highest BCUT2D eigenvalue weighted by Crippen LogP contribution is 2.20. The van der Waals surface area contributed by atoms with Gasteiger partial charge >= 0.3 is 0 Å². The summed E-state index contributed by atoms with van der Waals surface area (Å²) in [5, 5.41) is 8.70. The molecule has 0 bridgehead atoms. The smallest absolute Gasteiger partial charge is 0.0638 e. The van der Waals surface area contributed by atoms with E-state index in [1.165, 1.54) is 12.8 Å². The van der Waals surface area contributed by atoms with E-state index in [1.54, 1.807) is 0 Å². The van der Waals surface area contributed by atoms with Gasteiger partial charge in [0.15, 0.2) is 0 Å². The molecule has 1 aliphatic rings. The fraction of sp³-hybridized carbons (Fsp3) is 0.909. The van der Waals surface area contributed by atoms with E-state index in [2.05, 4.69) is 17.9 Å². The third-order valence-corrected chi connectivity index (χ3v) is 3.30. The molecule has 1 unspecified atom stereocenters. The Morgan fingerprint density at radius 2 is 2.14 bits per heavy atom. The van der Waals surface area contributed by atoms with Gasteiger partial charge in [0.25, 0.3) is 0 Å². The van der Waals surface area contributed by atoms with Crippen LogP contribution in [-0.2, 0) is 0 Å². The van der Waals surface area contributed by atoms with Crippen LogP contribution in [0.2, 0.25) is 0 Å². The maximum atomic E-state index is 8.70. The van der Waals surface area contributed by atoms with Gasteiger partial charge in [-0.2, -0.15) is 5.26 Å². The van der Waals surface area contributed by atoms with Crippen LogP contribution in [-0.4, -0.2) is 30.6 Å². The van der Waals surface area contributed by atoms with E-state index in [0.717, 1.165) is 26.1 Å². The lowest BCUT2D eigenvalue weighted by Gasteiger charge is -2.36. The van der Waals surface area contributed by atoms with Crippen LogP contribution in [0.1, 0.15) is 32.6 Å². The van der Waals surface area contributed by atoms with E-state index in [-0.39, 0.29) is 0 Å². The molecule has 80 valence electrons. The standard InChI is InChI=1S/C11H21N3/c1-2-11(3-6-12)14-7-4-10(9-13)5-8-14/h10-11H,2-5,7-9,13H2,1H3. The second-order valence-electron chi connectivity index (χ2n) is 4.14. The maximum absolute atomic E-state index is 8.70. The molecule has 1 rings (SSSR count). The summed E-state index contributed by atoms with van der Waals surface area (Å²) >= 11 is 0. The number of hydrogen-bond acceptors (Lipinski definition) is 3. The van der Waals surface area contributed by atoms with Crippen molar-refractivity contribution in [3.8, 4) is 6.07 Å². The first-order valence-electron chi connectivity index (χ1n) is 5.62. The Morgan fingerprint density at radius 3 is 2.57 bits per heavy atom. The van der Waals surface area contributed by atoms with Crippen molar-refractivity contribution in [1.82, 2.24) is 4.90 Å². The normalized spacial score (nSPS) is 21.8. The van der Waals surface area contributed by atoms with Gasteiger partial charge in [-0.05, 0) is 44.8 Å². The van der Waals surface area contributed by atoms with E-state index >= 15 is 0 Å². The molecule has 0 radical (unpaired) electrons. The Labute approximate surface area is 86.9 Å². The van der Waals surface area contributed by atoms with Crippen molar-refractivity contribution in [2.75, 3.05) is 19.6 Å². The van der Waals surface area contributed by atoms with E-state index in [0.29, 0.717) is 18.4 Å². The Morgan fingerprint density at radius 1 is 1.50 bits per heavy atom. The summed E-state index contributed by atoms with van der Waals surface area (Å²) in [4.78, 5) is 2.45. The number of hydrogen-bond donors (Lipinski definition) is 1. The third-order valence-electron chi connectivity index (χ3n) is 3.30. The van der Waals surface area contributed by atoms with Crippen LogP contribution in [0.25, 0.3) is 0 Å². The highest BCUT2D eigenvalue weighted by molar-refractivity contribution is 4.84. The van der Waals surface area contributed by atoms with Crippen molar-refractivity contribution >= 4 is 0 Å². The molecule has 3 heteroatoms. The van der Waals surface area contributed by atoms with Crippen molar-refractivity contribution in [1.29, 1.82) is 5.26 Å². The van der Waals surface area contributed by atoms with Crippen LogP contribution in [0, 0.1) is 17.2 Å². The zero-order chi connectivity index (χ0) is 10.4. The molecule has 1 saturated heterocycles. The van der Waals surface area contributed by atoms with Gasteiger partial charge in [0.2, 0.25) is 0 Å². The summed E-state index contributed by atoms with van der Waals surface area (Å²) in [6.45, 7) is 5.24. The fourth-order valence-corrected chi connectivity index (χ4v) is 2.19. The average molecular weight is 195 g/mol. The van der Waals surface area contributed by atoms with Crippen LogP contribution in [0.3, 0.4) is 0 Å². The summed E-state index contributed by atoms with van der Waals surface area (Å²) in [7, 11) is 0. The van der Waals surface area contributed by atoms with Crippen LogP contribution in [0.15, 0.2) is 0 Å². The summed E-state index contributed by atoms with van der Waals surface area (Å²) in [5.74, 6) is 0.714. The van der Waals surface area contributed by atoms with E-state index < -0.39 is 0 Å². The molecule has 0 aromatic heterocycles. The molecule has 1 fully saturated rings. The molecule has 3 nitrogen and oxygen atoms in total. The number of nitriles is 1. The van der Waals surface area contributed by atoms with E-state index in [1.807, 2.05) is 0 Å². The number of likely N-dealkylation sites (tertiary alicyclic amines) is 1. The lowest BCUT2D eigenvalue weighted by Crippen LogP contribution is -2.42. The molecule has 0 amide bonds. The second kappa shape index (κ2) is 6.00. The lowest BCUT2D eigenvalue weighted by atomic mass is 9.95. The lowest BCUT2D eigenvalue weighted by molar-refractivity contribution is 0.133. The SMILES string of the molecule is CCC(CC#N)N1CCC(CN)CC1. The predicted octanol–water partition coefficient (Wildman–Crippen LogP) is 1.35. The molecule has 1 heterocycles. The summed E-state index contributed by atoms with van der Waals surface area (Å²) in [6, 6.07) is 2.75. The van der Waals surface area contributed by atoms with E-state index in [9.17, 15) is 0 Å². The zero-order valence-electron chi connectivity index (χ0n) is 9.08. The van der Waals surface area contributed by atoms with E-state index in [4.69, 9.17) is 11.0 Å². The topological polar surface area (TPSA) is 53.0 Å². The minimum atomic E-state index is 0.471. The first-order valence-corrected chi connectivity index (χ1v) is 5.62. The highest BCUT2D eigenvalue weighted by atomic mass is 15.2. The number of piperidine rings is 1. The minimum absolute atomic E-state index is 0.471. The Hall–Kier alpha value is -0.590. The van der Waals surface area contributed by atoms with Crippen LogP contribution in [0.5, 0.6) is 0 Å². The average Bonchev–Trinajstić information content (AvgIpc) is 2.26. The molecule has 2 N–H and O–H groups in total. The number of rotatable bonds is 4. The van der Waals surface area contributed by atoms with Crippen LogP contribution in [0.4, 0.5) is 0 Å². The molecular weight excluding hydrogens is 174 g/mol. The third kappa shape index (κ3) is 2.97. The Bertz CT molecular complexity index is 189. The molecule has 1 aliphatic heterocycles. The number of nitrogens with two attached hydrogens (primary N) is 1. The van der Waals surface area contributed by atoms with Gasteiger partial charge in [0.05, 0.1) is 12.5 Å². The van der Waals surface area contributed by atoms with Gasteiger partial charge in [-0.15, -0.1) is 0 Å². The van der Waals surface area contributed by atoms with Crippen molar-refractivity contribution in [2.24, 2.45) is 11.7 Å². The van der Waals surface area contributed by atoms with Crippen molar-refractivity contribution in [3.05, 3.63) is 0 Å². The van der Waals surface area contributed by atoms with Gasteiger partial charge in [0.1, 0.15) is 0 Å². The van der Waals surface area contributed by atoms with Crippen LogP contribution >= 0.6 is 0 Å². The van der Waals surface area contributed by atoms with Crippen LogP contribution < -0.4 is 5.73 Å². The predicted molar refractivity (Wildman–Crippen MR) is 57.7 cm³/mol. The molecule has 14 heavy (non-hydrogen) atoms. The monoisotopic (exact) mass is 195 g/mol. The number of nitrogens with zero attached hydrogens (tertiary/aromatic N) is 2. The quantitative estimate of drug-likeness (QED) is 0.736. The van der Waals surface area contributed by atoms with Crippen molar-refractivity contribution in [2.45, 2.75) is 38.6 Å². The Balaban J connectivity index is 2.36. The molecule has 0 aliphatic carbocycles. The van der Waals surface area contributed by atoms with Gasteiger partial charge in [-0.25, -0.2) is 0 Å². The second-order valence-corrected chi connectivity index (χ2v) is 4.14. The Kier molecular flexibility index (Phi) is 4.92. The summed E-state index contributed by atoms with van der Waals surface area (Å²) in [5.41, 5.74) is 5.65. The summed E-state index contributed by atoms with van der Waals surface area (Å²) in [6.07, 6.45) is 4.17. The summed E-state index contributed by atoms with van der Waals surface area (Å²) < 4.78 is 0. The molecule has 0 aromatic carbocycles. The fourth-order valence-electron chi connectivity index (χ4n) is 2.19. The molecular formula is C11H21N3. The van der Waals surface area contributed by atoms with Crippen molar-refractivity contribution in [3.63, 3.8) is 0 Å². The van der Waals surface area contributed by atoms with Gasteiger partial charge in [-0.3, -0.25) is 4.90 Å². The molecule has 0 spiro atoms. The van der Waals surface area contributed by atoms with Crippen molar-refractivity contribution < 1.29 is 0 Å². The van der Waals surface area contributed by atoms with Gasteiger partial charge in [0, 0.05) is 6.04 Å². The largest absolute Gasteiger partial charge is 0.330 e. The molecule has 1 atom stereocenters. The van der Waals surface area contributed by atoms with Gasteiger partial charge < -0.3 is 5.73 Å². The minimum Gasteiger partial charge on any atom is -0.330 e. The molecule has 0 saturated carbocycles. The first kappa shape index (κ1) is 11.5. The zero-order valence-corrected chi connectivity index (χ0v) is 9.08. The van der Waals surface area contributed by atoms with Gasteiger partial charge in [-0.1, -0.05) is 6.92 Å². The maximum Gasteiger partial charge on any atom is 0.0638 e. The highest BCUT2D eigenvalue weighted by Gasteiger charge is 2.22. The first-order chi connectivity index (χ1) is 6.81.